The van der Waals surface area contributed by atoms with Crippen molar-refractivity contribution in [3.8, 4) is 0 Å². The van der Waals surface area contributed by atoms with Crippen molar-refractivity contribution in [2.24, 2.45) is 0 Å². The molecule has 20 heavy (non-hydrogen) atoms. The fraction of sp³-hybridized carbons (Fsp3) is 0.125. The highest BCUT2D eigenvalue weighted by molar-refractivity contribution is 7.81. The lowest BCUT2D eigenvalue weighted by atomic mass is 10.0. The van der Waals surface area contributed by atoms with E-state index < -0.39 is 0 Å². The molecule has 3 nitrogen and oxygen atoms in total. The quantitative estimate of drug-likeness (QED) is 0.457. The molecular weight excluding hydrogens is 272 g/mol. The lowest BCUT2D eigenvalue weighted by molar-refractivity contribution is -0.115. The molecule has 0 aliphatic heterocycles. The minimum Gasteiger partial charge on any atom is -0.422 e. The Bertz CT molecular complexity index is 864. The fourth-order valence-corrected chi connectivity index (χ4v) is 2.43. The molecule has 0 saturated carbocycles. The zero-order valence-electron chi connectivity index (χ0n) is 10.6. The predicted octanol–water partition coefficient (Wildman–Crippen LogP) is 2.99. The largest absolute Gasteiger partial charge is 0.422 e. The van der Waals surface area contributed by atoms with Gasteiger partial charge in [0, 0.05) is 17.6 Å². The van der Waals surface area contributed by atoms with Gasteiger partial charge in [-0.15, -0.1) is 0 Å². The van der Waals surface area contributed by atoms with Crippen LogP contribution in [0.3, 0.4) is 0 Å². The summed E-state index contributed by atoms with van der Waals surface area (Å²) < 4.78 is 5.31. The van der Waals surface area contributed by atoms with Gasteiger partial charge in [0.1, 0.15) is 11.4 Å². The summed E-state index contributed by atoms with van der Waals surface area (Å²) in [4.78, 5) is 23.4. The van der Waals surface area contributed by atoms with Crippen molar-refractivity contribution in [3.63, 3.8) is 0 Å². The maximum absolute atomic E-state index is 11.9. The number of rotatable bonds is 3. The van der Waals surface area contributed by atoms with E-state index in [0.717, 1.165) is 16.3 Å². The van der Waals surface area contributed by atoms with E-state index in [2.05, 4.69) is 12.6 Å². The Hall–Kier alpha value is -2.07. The van der Waals surface area contributed by atoms with Gasteiger partial charge >= 0.3 is 5.63 Å². The first kappa shape index (κ1) is 12.9. The second kappa shape index (κ2) is 5.13. The van der Waals surface area contributed by atoms with Crippen LogP contribution < -0.4 is 5.63 Å². The number of fused-ring (bicyclic) bond motifs is 3. The van der Waals surface area contributed by atoms with Crippen LogP contribution in [0.25, 0.3) is 21.7 Å². The highest BCUT2D eigenvalue weighted by atomic mass is 32.1. The summed E-state index contributed by atoms with van der Waals surface area (Å²) in [6.45, 7) is 0. The van der Waals surface area contributed by atoms with Crippen molar-refractivity contribution in [1.29, 1.82) is 0 Å². The SMILES string of the molecule is O=C(CS)Cc1ccc2oc(=O)c3ccccc3c2c1. The third kappa shape index (κ3) is 2.23. The first-order chi connectivity index (χ1) is 9.69. The molecule has 0 aliphatic rings. The second-order valence-corrected chi connectivity index (χ2v) is 4.96. The topological polar surface area (TPSA) is 47.3 Å². The average Bonchev–Trinajstić information content (AvgIpc) is 2.48. The van der Waals surface area contributed by atoms with Crippen LogP contribution in [0.5, 0.6) is 0 Å². The molecular formula is C16H12O3S. The van der Waals surface area contributed by atoms with Gasteiger partial charge in [-0.3, -0.25) is 4.79 Å². The van der Waals surface area contributed by atoms with Crippen LogP contribution in [0.2, 0.25) is 0 Å². The van der Waals surface area contributed by atoms with E-state index in [1.54, 1.807) is 24.3 Å². The third-order valence-corrected chi connectivity index (χ3v) is 3.61. The number of Topliss-reactive ketones (excluding diaryl/α,β-unsaturated/α-hetero) is 1. The summed E-state index contributed by atoms with van der Waals surface area (Å²) in [5, 5.41) is 2.25. The number of carbonyl (C=O) groups is 1. The molecule has 2 aromatic carbocycles. The number of ketones is 1. The first-order valence-corrected chi connectivity index (χ1v) is 6.89. The van der Waals surface area contributed by atoms with Gasteiger partial charge in [-0.1, -0.05) is 24.3 Å². The Morgan fingerprint density at radius 2 is 1.80 bits per heavy atom. The Balaban J connectivity index is 2.27. The van der Waals surface area contributed by atoms with Crippen LogP contribution in [0.1, 0.15) is 5.56 Å². The lowest BCUT2D eigenvalue weighted by Gasteiger charge is -2.05. The normalized spacial score (nSPS) is 11.1. The molecule has 1 heterocycles. The van der Waals surface area contributed by atoms with Crippen LogP contribution in [-0.2, 0) is 11.2 Å². The Labute approximate surface area is 120 Å². The minimum absolute atomic E-state index is 0.0642. The smallest absolute Gasteiger partial charge is 0.344 e. The molecule has 3 rings (SSSR count). The minimum atomic E-state index is -0.340. The predicted molar refractivity (Wildman–Crippen MR) is 82.6 cm³/mol. The van der Waals surface area contributed by atoms with Crippen molar-refractivity contribution < 1.29 is 9.21 Å². The molecule has 0 amide bonds. The van der Waals surface area contributed by atoms with Crippen LogP contribution in [0.4, 0.5) is 0 Å². The molecule has 0 saturated heterocycles. The van der Waals surface area contributed by atoms with Gasteiger partial charge in [0.25, 0.3) is 0 Å². The highest BCUT2D eigenvalue weighted by Crippen LogP contribution is 2.24. The van der Waals surface area contributed by atoms with E-state index in [-0.39, 0.29) is 17.2 Å². The van der Waals surface area contributed by atoms with E-state index in [1.165, 1.54) is 0 Å². The zero-order chi connectivity index (χ0) is 14.1. The maximum atomic E-state index is 11.9. The van der Waals surface area contributed by atoms with Gasteiger partial charge in [-0.05, 0) is 29.1 Å². The van der Waals surface area contributed by atoms with E-state index >= 15 is 0 Å². The summed E-state index contributed by atoms with van der Waals surface area (Å²) >= 11 is 3.98. The summed E-state index contributed by atoms with van der Waals surface area (Å²) in [5.41, 5.74) is 1.10. The maximum Gasteiger partial charge on any atom is 0.344 e. The average molecular weight is 284 g/mol. The third-order valence-electron chi connectivity index (χ3n) is 3.26. The molecule has 0 fully saturated rings. The van der Waals surface area contributed by atoms with Gasteiger partial charge < -0.3 is 4.42 Å². The van der Waals surface area contributed by atoms with E-state index in [0.29, 0.717) is 17.4 Å². The van der Waals surface area contributed by atoms with Gasteiger partial charge in [0.05, 0.1) is 5.39 Å². The number of hydrogen-bond donors (Lipinski definition) is 1. The van der Waals surface area contributed by atoms with Crippen LogP contribution >= 0.6 is 12.6 Å². The number of benzene rings is 2. The summed E-state index contributed by atoms with van der Waals surface area (Å²) in [6.07, 6.45) is 0.340. The van der Waals surface area contributed by atoms with Gasteiger partial charge in [0.2, 0.25) is 0 Å². The molecule has 100 valence electrons. The molecule has 0 bridgehead atoms. The van der Waals surface area contributed by atoms with Crippen LogP contribution in [0, 0.1) is 0 Å². The first-order valence-electron chi connectivity index (χ1n) is 6.26. The van der Waals surface area contributed by atoms with E-state index in [4.69, 9.17) is 4.42 Å². The van der Waals surface area contributed by atoms with Crippen molar-refractivity contribution >= 4 is 40.2 Å². The summed E-state index contributed by atoms with van der Waals surface area (Å²) in [6, 6.07) is 12.8. The van der Waals surface area contributed by atoms with E-state index in [9.17, 15) is 9.59 Å². The lowest BCUT2D eigenvalue weighted by Crippen LogP contribution is -2.04. The van der Waals surface area contributed by atoms with Crippen molar-refractivity contribution in [2.45, 2.75) is 6.42 Å². The zero-order valence-corrected chi connectivity index (χ0v) is 11.5. The molecule has 0 atom stereocenters. The fourth-order valence-electron chi connectivity index (χ4n) is 2.32. The van der Waals surface area contributed by atoms with Crippen molar-refractivity contribution in [1.82, 2.24) is 0 Å². The standard InChI is InChI=1S/C16H12O3S/c17-11(9-20)7-10-5-6-15-14(8-10)12-3-1-2-4-13(12)16(18)19-15/h1-6,8,20H,7,9H2. The monoisotopic (exact) mass is 284 g/mol. The van der Waals surface area contributed by atoms with Crippen LogP contribution in [-0.4, -0.2) is 11.5 Å². The Kier molecular flexibility index (Phi) is 3.32. The number of hydrogen-bond acceptors (Lipinski definition) is 4. The summed E-state index contributed by atoms with van der Waals surface area (Å²) in [5.74, 6) is 0.289. The molecule has 0 unspecified atom stereocenters. The molecule has 3 aromatic rings. The molecule has 0 radical (unpaired) electrons. The van der Waals surface area contributed by atoms with Gasteiger partial charge in [0.15, 0.2) is 0 Å². The highest BCUT2D eigenvalue weighted by Gasteiger charge is 2.08. The number of carbonyl (C=O) groups excluding carboxylic acids is 1. The molecule has 0 spiro atoms. The Morgan fingerprint density at radius 1 is 1.05 bits per heavy atom. The van der Waals surface area contributed by atoms with Crippen LogP contribution in [0.15, 0.2) is 51.7 Å². The molecule has 4 heteroatoms. The molecule has 0 aliphatic carbocycles. The summed E-state index contributed by atoms with van der Waals surface area (Å²) in [7, 11) is 0. The van der Waals surface area contributed by atoms with Gasteiger partial charge in [-0.25, -0.2) is 4.79 Å². The number of thiol groups is 1. The van der Waals surface area contributed by atoms with Crippen molar-refractivity contribution in [2.75, 3.05) is 5.75 Å². The second-order valence-electron chi connectivity index (χ2n) is 4.64. The van der Waals surface area contributed by atoms with Crippen molar-refractivity contribution in [3.05, 3.63) is 58.4 Å². The molecule has 0 N–H and O–H groups in total. The van der Waals surface area contributed by atoms with Gasteiger partial charge in [-0.2, -0.15) is 12.6 Å². The van der Waals surface area contributed by atoms with E-state index in [1.807, 2.05) is 18.2 Å². The Morgan fingerprint density at radius 3 is 2.55 bits per heavy atom. The molecule has 1 aromatic heterocycles.